The lowest BCUT2D eigenvalue weighted by Gasteiger charge is -2.09. The molecule has 2 N–H and O–H groups in total. The molecule has 2 heterocycles. The molecule has 0 aliphatic rings. The molecule has 1 aromatic carbocycles. The molecular weight excluding hydrogens is 386 g/mol. The Balaban J connectivity index is 2.35. The van der Waals surface area contributed by atoms with Crippen LogP contribution in [-0.4, -0.2) is 14.5 Å². The molecule has 0 aliphatic carbocycles. The van der Waals surface area contributed by atoms with Crippen molar-refractivity contribution in [2.75, 3.05) is 5.73 Å². The van der Waals surface area contributed by atoms with Gasteiger partial charge in [0.05, 0.1) is 20.8 Å². The molecular formula is C12H6BrCl3N4. The van der Waals surface area contributed by atoms with Crippen LogP contribution in [0.1, 0.15) is 0 Å². The first kappa shape index (κ1) is 13.9. The molecule has 0 aliphatic heterocycles. The molecule has 2 aromatic heterocycles. The maximum Gasteiger partial charge on any atom is 0.207 e. The Morgan fingerprint density at radius 2 is 1.75 bits per heavy atom. The van der Waals surface area contributed by atoms with Crippen LogP contribution in [-0.2, 0) is 0 Å². The van der Waals surface area contributed by atoms with Gasteiger partial charge in [0.15, 0.2) is 5.65 Å². The first-order valence-corrected chi connectivity index (χ1v) is 7.34. The number of fused-ring (bicyclic) bond motifs is 1. The lowest BCUT2D eigenvalue weighted by atomic mass is 10.3. The molecule has 102 valence electrons. The predicted molar refractivity (Wildman–Crippen MR) is 86.0 cm³/mol. The van der Waals surface area contributed by atoms with Gasteiger partial charge in [-0.1, -0.05) is 34.8 Å². The summed E-state index contributed by atoms with van der Waals surface area (Å²) in [6, 6.07) is 5.01. The van der Waals surface area contributed by atoms with Gasteiger partial charge in [0, 0.05) is 10.7 Å². The molecule has 4 nitrogen and oxygen atoms in total. The smallest absolute Gasteiger partial charge is 0.207 e. The maximum atomic E-state index is 6.21. The van der Waals surface area contributed by atoms with Crippen molar-refractivity contribution in [3.8, 4) is 5.69 Å². The second-order valence-corrected chi connectivity index (χ2v) is 6.16. The van der Waals surface area contributed by atoms with Crippen molar-refractivity contribution in [2.45, 2.75) is 0 Å². The van der Waals surface area contributed by atoms with Crippen LogP contribution < -0.4 is 5.73 Å². The molecule has 0 fully saturated rings. The van der Waals surface area contributed by atoms with Crippen LogP contribution in [0.3, 0.4) is 0 Å². The number of hydrogen-bond acceptors (Lipinski definition) is 3. The zero-order chi connectivity index (χ0) is 14.4. The standard InChI is InChI=1S/C12H6BrCl3N4/c13-5-1-9-11(18-4-5)20(12(17)19-9)10-3-7(15)6(14)2-8(10)16/h1-4H,(H2,17,19). The summed E-state index contributed by atoms with van der Waals surface area (Å²) in [5, 5.41) is 1.17. The van der Waals surface area contributed by atoms with Gasteiger partial charge in [-0.15, -0.1) is 0 Å². The van der Waals surface area contributed by atoms with Crippen molar-refractivity contribution in [2.24, 2.45) is 0 Å². The number of halogens is 4. The summed E-state index contributed by atoms with van der Waals surface area (Å²) < 4.78 is 2.45. The summed E-state index contributed by atoms with van der Waals surface area (Å²) in [6.07, 6.45) is 1.66. The van der Waals surface area contributed by atoms with Gasteiger partial charge in [0.25, 0.3) is 0 Å². The summed E-state index contributed by atoms with van der Waals surface area (Å²) in [5.74, 6) is 0.269. The molecule has 0 bridgehead atoms. The average Bonchev–Trinajstić information content (AvgIpc) is 2.69. The van der Waals surface area contributed by atoms with E-state index in [2.05, 4.69) is 25.9 Å². The lowest BCUT2D eigenvalue weighted by Crippen LogP contribution is -2.02. The third kappa shape index (κ3) is 2.24. The fourth-order valence-electron chi connectivity index (χ4n) is 1.88. The van der Waals surface area contributed by atoms with E-state index in [1.807, 2.05) is 6.07 Å². The molecule has 0 radical (unpaired) electrons. The van der Waals surface area contributed by atoms with Gasteiger partial charge in [-0.2, -0.15) is 0 Å². The molecule has 0 atom stereocenters. The number of benzene rings is 1. The van der Waals surface area contributed by atoms with Crippen LogP contribution in [0.5, 0.6) is 0 Å². The second kappa shape index (κ2) is 5.07. The summed E-state index contributed by atoms with van der Waals surface area (Å²) in [4.78, 5) is 8.57. The molecule has 0 spiro atoms. The van der Waals surface area contributed by atoms with Crippen LogP contribution in [0.4, 0.5) is 5.95 Å². The van der Waals surface area contributed by atoms with Crippen molar-refractivity contribution in [1.82, 2.24) is 14.5 Å². The topological polar surface area (TPSA) is 56.7 Å². The van der Waals surface area contributed by atoms with E-state index in [0.29, 0.717) is 31.9 Å². The van der Waals surface area contributed by atoms with Crippen LogP contribution >= 0.6 is 50.7 Å². The average molecular weight is 392 g/mol. The number of anilines is 1. The van der Waals surface area contributed by atoms with Crippen molar-refractivity contribution in [3.63, 3.8) is 0 Å². The fourth-order valence-corrected chi connectivity index (χ4v) is 2.82. The number of pyridine rings is 1. The van der Waals surface area contributed by atoms with Crippen LogP contribution in [0.15, 0.2) is 28.9 Å². The van der Waals surface area contributed by atoms with Gasteiger partial charge >= 0.3 is 0 Å². The number of rotatable bonds is 1. The molecule has 0 unspecified atom stereocenters. The predicted octanol–water partition coefficient (Wildman–Crippen LogP) is 4.73. The van der Waals surface area contributed by atoms with E-state index >= 15 is 0 Å². The highest BCUT2D eigenvalue weighted by atomic mass is 79.9. The highest BCUT2D eigenvalue weighted by Gasteiger charge is 2.15. The van der Waals surface area contributed by atoms with Crippen molar-refractivity contribution >= 4 is 67.8 Å². The Kier molecular flexibility index (Phi) is 3.54. The largest absolute Gasteiger partial charge is 0.369 e. The zero-order valence-corrected chi connectivity index (χ0v) is 13.6. The van der Waals surface area contributed by atoms with Gasteiger partial charge in [-0.3, -0.25) is 4.57 Å². The zero-order valence-electron chi connectivity index (χ0n) is 9.74. The van der Waals surface area contributed by atoms with Crippen molar-refractivity contribution < 1.29 is 0 Å². The molecule has 0 saturated carbocycles. The SMILES string of the molecule is Nc1nc2cc(Br)cnc2n1-c1cc(Cl)c(Cl)cc1Cl. The Morgan fingerprint density at radius 3 is 2.50 bits per heavy atom. The van der Waals surface area contributed by atoms with E-state index in [4.69, 9.17) is 40.5 Å². The number of nitrogen functional groups attached to an aromatic ring is 1. The third-order valence-corrected chi connectivity index (χ3v) is 4.18. The molecule has 0 amide bonds. The second-order valence-electron chi connectivity index (χ2n) is 4.02. The molecule has 3 aromatic rings. The van der Waals surface area contributed by atoms with Crippen molar-refractivity contribution in [3.05, 3.63) is 43.9 Å². The maximum absolute atomic E-state index is 6.21. The van der Waals surface area contributed by atoms with Gasteiger partial charge in [-0.05, 0) is 34.1 Å². The fraction of sp³-hybridized carbons (Fsp3) is 0. The number of nitrogens with zero attached hydrogens (tertiary/aromatic N) is 3. The highest BCUT2D eigenvalue weighted by Crippen LogP contribution is 2.34. The minimum Gasteiger partial charge on any atom is -0.369 e. The molecule has 3 rings (SSSR count). The van der Waals surface area contributed by atoms with Gasteiger partial charge in [-0.25, -0.2) is 9.97 Å². The first-order chi connectivity index (χ1) is 9.47. The summed E-state index contributed by atoms with van der Waals surface area (Å²) >= 11 is 21.5. The number of nitrogens with two attached hydrogens (primary N) is 1. The van der Waals surface area contributed by atoms with E-state index < -0.39 is 0 Å². The van der Waals surface area contributed by atoms with Gasteiger partial charge in [0.2, 0.25) is 5.95 Å². The van der Waals surface area contributed by atoms with E-state index in [1.54, 1.807) is 22.9 Å². The normalized spacial score (nSPS) is 11.2. The Hall–Kier alpha value is -1.01. The van der Waals surface area contributed by atoms with Gasteiger partial charge < -0.3 is 5.73 Å². The Labute approximate surface area is 137 Å². The quantitative estimate of drug-likeness (QED) is 0.610. The minimum atomic E-state index is 0.269. The minimum absolute atomic E-state index is 0.269. The monoisotopic (exact) mass is 390 g/mol. The van der Waals surface area contributed by atoms with Crippen molar-refractivity contribution in [1.29, 1.82) is 0 Å². The van der Waals surface area contributed by atoms with Crippen LogP contribution in [0, 0.1) is 0 Å². The van der Waals surface area contributed by atoms with Gasteiger partial charge in [0.1, 0.15) is 5.52 Å². The molecule has 8 heteroatoms. The number of imidazole rings is 1. The van der Waals surface area contributed by atoms with E-state index in [1.165, 1.54) is 0 Å². The van der Waals surface area contributed by atoms with E-state index in [-0.39, 0.29) is 5.95 Å². The van der Waals surface area contributed by atoms with E-state index in [0.717, 1.165) is 4.47 Å². The lowest BCUT2D eigenvalue weighted by molar-refractivity contribution is 1.08. The first-order valence-electron chi connectivity index (χ1n) is 5.42. The molecule has 20 heavy (non-hydrogen) atoms. The Morgan fingerprint density at radius 1 is 1.05 bits per heavy atom. The third-order valence-electron chi connectivity index (χ3n) is 2.72. The van der Waals surface area contributed by atoms with Crippen LogP contribution in [0.2, 0.25) is 15.1 Å². The summed E-state index contributed by atoms with van der Waals surface area (Å²) in [5.41, 5.74) is 7.77. The summed E-state index contributed by atoms with van der Waals surface area (Å²) in [6.45, 7) is 0. The number of aromatic nitrogens is 3. The molecule has 0 saturated heterocycles. The number of hydrogen-bond donors (Lipinski definition) is 1. The summed E-state index contributed by atoms with van der Waals surface area (Å²) in [7, 11) is 0. The Bertz CT molecular complexity index is 831. The van der Waals surface area contributed by atoms with Crippen LogP contribution in [0.25, 0.3) is 16.9 Å². The highest BCUT2D eigenvalue weighted by molar-refractivity contribution is 9.10. The van der Waals surface area contributed by atoms with E-state index in [9.17, 15) is 0 Å².